The Hall–Kier alpha value is -3.61. The van der Waals surface area contributed by atoms with Crippen molar-refractivity contribution in [3.05, 3.63) is 70.5 Å². The minimum Gasteiger partial charge on any atom is -0.427 e. The molecule has 0 bridgehead atoms. The molecule has 30 heavy (non-hydrogen) atoms. The van der Waals surface area contributed by atoms with Crippen LogP contribution < -0.4 is 15.0 Å². The molecule has 0 unspecified atom stereocenters. The third kappa shape index (κ3) is 4.51. The Morgan fingerprint density at radius 3 is 2.00 bits per heavy atom. The number of hydrogen-bond acceptors (Lipinski definition) is 5. The highest BCUT2D eigenvalue weighted by Crippen LogP contribution is 2.26. The summed E-state index contributed by atoms with van der Waals surface area (Å²) in [7, 11) is 0. The standard InChI is InChI=1S/C23H24N2O5/c1-4-5-11-21-22(28)24(19-12-14-20(15-13-19)29-16(2)26)25(23(21)30-17(3)27)18-9-7-6-8-10-18/h6-10,12-15H,4-5,11H2,1-3H3. The Morgan fingerprint density at radius 2 is 1.43 bits per heavy atom. The topological polar surface area (TPSA) is 79.5 Å². The fourth-order valence-corrected chi connectivity index (χ4v) is 3.19. The number of unbranched alkanes of at least 4 members (excludes halogenated alkanes) is 1. The highest BCUT2D eigenvalue weighted by atomic mass is 16.5. The van der Waals surface area contributed by atoms with Crippen molar-refractivity contribution in [1.29, 1.82) is 0 Å². The molecule has 7 heteroatoms. The molecule has 1 heterocycles. The summed E-state index contributed by atoms with van der Waals surface area (Å²) in [4.78, 5) is 36.4. The number of aromatic nitrogens is 2. The number of ether oxygens (including phenoxy) is 2. The lowest BCUT2D eigenvalue weighted by Crippen LogP contribution is -2.22. The van der Waals surface area contributed by atoms with Gasteiger partial charge in [-0.2, -0.15) is 0 Å². The van der Waals surface area contributed by atoms with Crippen LogP contribution in [0.4, 0.5) is 0 Å². The zero-order chi connectivity index (χ0) is 21.7. The van der Waals surface area contributed by atoms with Crippen molar-refractivity contribution in [2.24, 2.45) is 0 Å². The van der Waals surface area contributed by atoms with Crippen LogP contribution in [0.25, 0.3) is 11.4 Å². The van der Waals surface area contributed by atoms with E-state index >= 15 is 0 Å². The lowest BCUT2D eigenvalue weighted by Gasteiger charge is -2.15. The van der Waals surface area contributed by atoms with E-state index in [-0.39, 0.29) is 11.4 Å². The van der Waals surface area contributed by atoms with Crippen molar-refractivity contribution >= 4 is 11.9 Å². The summed E-state index contributed by atoms with van der Waals surface area (Å²) in [5, 5.41) is 0. The first kappa shape index (κ1) is 21.1. The van der Waals surface area contributed by atoms with E-state index in [1.165, 1.54) is 18.5 Å². The van der Waals surface area contributed by atoms with Crippen LogP contribution in [-0.4, -0.2) is 21.3 Å². The molecule has 0 spiro atoms. The molecule has 0 saturated carbocycles. The zero-order valence-corrected chi connectivity index (χ0v) is 17.3. The highest BCUT2D eigenvalue weighted by molar-refractivity contribution is 5.70. The molecule has 156 valence electrons. The van der Waals surface area contributed by atoms with E-state index in [1.807, 2.05) is 37.3 Å². The minimum absolute atomic E-state index is 0.219. The van der Waals surface area contributed by atoms with E-state index in [2.05, 4.69) is 0 Å². The van der Waals surface area contributed by atoms with Gasteiger partial charge in [-0.15, -0.1) is 0 Å². The minimum atomic E-state index is -0.500. The van der Waals surface area contributed by atoms with Crippen LogP contribution in [0.15, 0.2) is 59.4 Å². The maximum absolute atomic E-state index is 13.4. The summed E-state index contributed by atoms with van der Waals surface area (Å²) in [6.45, 7) is 4.67. The molecular formula is C23H24N2O5. The first-order valence-corrected chi connectivity index (χ1v) is 9.82. The van der Waals surface area contributed by atoms with E-state index in [0.29, 0.717) is 29.1 Å². The maximum atomic E-state index is 13.4. The lowest BCUT2D eigenvalue weighted by atomic mass is 10.1. The molecule has 0 radical (unpaired) electrons. The second kappa shape index (κ2) is 9.26. The van der Waals surface area contributed by atoms with Gasteiger partial charge in [0.1, 0.15) is 5.75 Å². The zero-order valence-electron chi connectivity index (χ0n) is 17.3. The largest absolute Gasteiger partial charge is 0.427 e. The number of esters is 2. The van der Waals surface area contributed by atoms with Crippen LogP contribution in [0.2, 0.25) is 0 Å². The van der Waals surface area contributed by atoms with Crippen LogP contribution in [0.1, 0.15) is 39.2 Å². The van der Waals surface area contributed by atoms with E-state index in [1.54, 1.807) is 28.9 Å². The molecule has 0 amide bonds. The summed E-state index contributed by atoms with van der Waals surface area (Å²) >= 11 is 0. The first-order valence-electron chi connectivity index (χ1n) is 9.82. The lowest BCUT2D eigenvalue weighted by molar-refractivity contribution is -0.133. The van der Waals surface area contributed by atoms with Crippen molar-refractivity contribution in [1.82, 2.24) is 9.36 Å². The van der Waals surface area contributed by atoms with Gasteiger partial charge in [-0.1, -0.05) is 31.5 Å². The van der Waals surface area contributed by atoms with Gasteiger partial charge in [0.25, 0.3) is 5.56 Å². The number of benzene rings is 2. The Kier molecular flexibility index (Phi) is 6.51. The van der Waals surface area contributed by atoms with Crippen LogP contribution in [0.3, 0.4) is 0 Å². The molecule has 0 aliphatic heterocycles. The molecule has 0 saturated heterocycles. The summed E-state index contributed by atoms with van der Waals surface area (Å²) in [5.41, 5.74) is 1.41. The molecular weight excluding hydrogens is 384 g/mol. The molecule has 0 N–H and O–H groups in total. The SMILES string of the molecule is CCCCc1c(OC(C)=O)n(-c2ccccc2)n(-c2ccc(OC(C)=O)cc2)c1=O. The van der Waals surface area contributed by atoms with Crippen LogP contribution in [0, 0.1) is 0 Å². The molecule has 3 rings (SSSR count). The van der Waals surface area contributed by atoms with Gasteiger partial charge in [0, 0.05) is 13.8 Å². The van der Waals surface area contributed by atoms with Gasteiger partial charge in [0.2, 0.25) is 5.88 Å². The van der Waals surface area contributed by atoms with Crippen molar-refractivity contribution < 1.29 is 19.1 Å². The molecule has 1 aromatic heterocycles. The highest BCUT2D eigenvalue weighted by Gasteiger charge is 2.24. The van der Waals surface area contributed by atoms with Crippen LogP contribution >= 0.6 is 0 Å². The molecule has 2 aromatic carbocycles. The molecule has 7 nitrogen and oxygen atoms in total. The second-order valence-corrected chi connectivity index (χ2v) is 6.83. The molecule has 0 aliphatic carbocycles. The number of para-hydroxylation sites is 1. The monoisotopic (exact) mass is 408 g/mol. The predicted molar refractivity (Wildman–Crippen MR) is 113 cm³/mol. The van der Waals surface area contributed by atoms with Crippen molar-refractivity contribution in [2.75, 3.05) is 0 Å². The summed E-state index contributed by atoms with van der Waals surface area (Å²) in [6, 6.07) is 15.8. The summed E-state index contributed by atoms with van der Waals surface area (Å²) < 4.78 is 13.7. The Bertz CT molecular complexity index is 1100. The second-order valence-electron chi connectivity index (χ2n) is 6.83. The molecule has 0 aliphatic rings. The van der Waals surface area contributed by atoms with Gasteiger partial charge >= 0.3 is 11.9 Å². The van der Waals surface area contributed by atoms with Crippen LogP contribution in [0.5, 0.6) is 11.6 Å². The van der Waals surface area contributed by atoms with Gasteiger partial charge in [-0.3, -0.25) is 14.4 Å². The van der Waals surface area contributed by atoms with Gasteiger partial charge in [-0.25, -0.2) is 9.36 Å². The van der Waals surface area contributed by atoms with E-state index < -0.39 is 11.9 Å². The molecule has 3 aromatic rings. The van der Waals surface area contributed by atoms with E-state index in [4.69, 9.17) is 9.47 Å². The van der Waals surface area contributed by atoms with E-state index in [0.717, 1.165) is 12.8 Å². The number of hydrogen-bond donors (Lipinski definition) is 0. The quantitative estimate of drug-likeness (QED) is 0.439. The number of nitrogens with zero attached hydrogens (tertiary/aromatic N) is 2. The normalized spacial score (nSPS) is 10.6. The number of rotatable bonds is 7. The Balaban J connectivity index is 2.24. The Morgan fingerprint density at radius 1 is 0.833 bits per heavy atom. The van der Waals surface area contributed by atoms with Crippen molar-refractivity contribution in [2.45, 2.75) is 40.0 Å². The molecule has 0 fully saturated rings. The molecule has 0 atom stereocenters. The predicted octanol–water partition coefficient (Wildman–Crippen LogP) is 3.82. The van der Waals surface area contributed by atoms with Gasteiger partial charge in [0.05, 0.1) is 16.9 Å². The fraction of sp³-hybridized carbons (Fsp3) is 0.261. The fourth-order valence-electron chi connectivity index (χ4n) is 3.19. The van der Waals surface area contributed by atoms with Crippen molar-refractivity contribution in [3.63, 3.8) is 0 Å². The first-order chi connectivity index (χ1) is 14.4. The van der Waals surface area contributed by atoms with E-state index in [9.17, 15) is 14.4 Å². The number of carbonyl (C=O) groups excluding carboxylic acids is 2. The average Bonchev–Trinajstić information content (AvgIpc) is 2.98. The van der Waals surface area contributed by atoms with Crippen LogP contribution in [-0.2, 0) is 16.0 Å². The van der Waals surface area contributed by atoms with Gasteiger partial charge < -0.3 is 9.47 Å². The number of carbonyl (C=O) groups is 2. The van der Waals surface area contributed by atoms with Gasteiger partial charge in [-0.05, 0) is 49.2 Å². The maximum Gasteiger partial charge on any atom is 0.309 e. The van der Waals surface area contributed by atoms with Gasteiger partial charge in [0.15, 0.2) is 0 Å². The summed E-state index contributed by atoms with van der Waals surface area (Å²) in [5.74, 6) is -0.328. The summed E-state index contributed by atoms with van der Waals surface area (Å²) in [6.07, 6.45) is 2.17. The average molecular weight is 408 g/mol. The van der Waals surface area contributed by atoms with Crippen molar-refractivity contribution in [3.8, 4) is 23.0 Å². The third-order valence-corrected chi connectivity index (χ3v) is 4.47. The third-order valence-electron chi connectivity index (χ3n) is 4.47. The Labute approximate surface area is 174 Å². The smallest absolute Gasteiger partial charge is 0.309 e.